The van der Waals surface area contributed by atoms with Crippen molar-refractivity contribution in [1.82, 2.24) is 9.80 Å². The van der Waals surface area contributed by atoms with Crippen molar-refractivity contribution in [3.63, 3.8) is 0 Å². The van der Waals surface area contributed by atoms with Crippen molar-refractivity contribution < 1.29 is 4.79 Å². The summed E-state index contributed by atoms with van der Waals surface area (Å²) in [7, 11) is 0. The van der Waals surface area contributed by atoms with E-state index in [2.05, 4.69) is 70.5 Å². The Labute approximate surface area is 241 Å². The lowest BCUT2D eigenvalue weighted by atomic mass is 9.87. The van der Waals surface area contributed by atoms with Gasteiger partial charge >= 0.3 is 0 Å². The van der Waals surface area contributed by atoms with Gasteiger partial charge in [-0.25, -0.2) is 0 Å². The lowest BCUT2D eigenvalue weighted by molar-refractivity contribution is -0.140. The van der Waals surface area contributed by atoms with Gasteiger partial charge in [0, 0.05) is 24.2 Å². The fourth-order valence-corrected chi connectivity index (χ4v) is 6.75. The average Bonchev–Trinajstić information content (AvgIpc) is 3.43. The number of benzene rings is 4. The van der Waals surface area contributed by atoms with Gasteiger partial charge in [0.1, 0.15) is 0 Å². The first kappa shape index (κ1) is 26.3. The summed E-state index contributed by atoms with van der Waals surface area (Å²) in [6.45, 7) is 3.28. The standard InChI is InChI=1S/C35H32ClN3O/c1-24(38-18-17-27-11-4-5-14-31(27)34(38)32-15-6-7-16-33(32)36)35(40)39(23-26-10-8-9-25(19-26)22-37)30-20-28-12-2-3-13-29(28)21-30/h2-16,19,24,30,34H,17-18,20-21,23H2,1H3/t24-,34+/m0/s1. The molecule has 2 atom stereocenters. The van der Waals surface area contributed by atoms with Crippen LogP contribution in [0.3, 0.4) is 0 Å². The number of halogens is 1. The van der Waals surface area contributed by atoms with Crippen LogP contribution >= 0.6 is 11.6 Å². The molecule has 0 fully saturated rings. The molecule has 1 heterocycles. The second-order valence-electron chi connectivity index (χ2n) is 10.9. The molecule has 1 aliphatic heterocycles. The molecule has 5 heteroatoms. The molecule has 2 aliphatic rings. The zero-order valence-corrected chi connectivity index (χ0v) is 23.4. The first-order chi connectivity index (χ1) is 19.5. The number of hydrogen-bond acceptors (Lipinski definition) is 3. The van der Waals surface area contributed by atoms with Crippen molar-refractivity contribution in [2.75, 3.05) is 6.54 Å². The van der Waals surface area contributed by atoms with Crippen LogP contribution in [0, 0.1) is 11.3 Å². The maximum absolute atomic E-state index is 14.6. The smallest absolute Gasteiger partial charge is 0.240 e. The van der Waals surface area contributed by atoms with Gasteiger partial charge in [0.25, 0.3) is 0 Å². The molecule has 0 N–H and O–H groups in total. The largest absolute Gasteiger partial charge is 0.333 e. The summed E-state index contributed by atoms with van der Waals surface area (Å²) >= 11 is 6.78. The number of nitrogens with zero attached hydrogens (tertiary/aromatic N) is 3. The van der Waals surface area contributed by atoms with Crippen molar-refractivity contribution in [3.8, 4) is 6.07 Å². The molecule has 4 nitrogen and oxygen atoms in total. The highest BCUT2D eigenvalue weighted by atomic mass is 35.5. The first-order valence-electron chi connectivity index (χ1n) is 14.0. The van der Waals surface area contributed by atoms with E-state index in [4.69, 9.17) is 11.6 Å². The highest BCUT2D eigenvalue weighted by Crippen LogP contribution is 2.40. The molecule has 1 aliphatic carbocycles. The van der Waals surface area contributed by atoms with E-state index >= 15 is 0 Å². The van der Waals surface area contributed by atoms with Crippen molar-refractivity contribution in [2.45, 2.75) is 50.9 Å². The molecule has 0 saturated heterocycles. The normalized spacial score (nSPS) is 17.5. The molecule has 1 amide bonds. The number of amides is 1. The summed E-state index contributed by atoms with van der Waals surface area (Å²) < 4.78 is 0. The van der Waals surface area contributed by atoms with E-state index in [-0.39, 0.29) is 24.0 Å². The Hall–Kier alpha value is -3.91. The molecule has 0 unspecified atom stereocenters. The highest BCUT2D eigenvalue weighted by Gasteiger charge is 2.39. The Balaban J connectivity index is 1.36. The fraction of sp³-hybridized carbons (Fsp3) is 0.257. The van der Waals surface area contributed by atoms with Gasteiger partial charge in [-0.2, -0.15) is 5.26 Å². The average molecular weight is 546 g/mol. The number of fused-ring (bicyclic) bond motifs is 2. The highest BCUT2D eigenvalue weighted by molar-refractivity contribution is 6.31. The van der Waals surface area contributed by atoms with Crippen LogP contribution in [0.25, 0.3) is 0 Å². The maximum Gasteiger partial charge on any atom is 0.240 e. The summed E-state index contributed by atoms with van der Waals surface area (Å²) in [5.41, 5.74) is 7.75. The van der Waals surface area contributed by atoms with E-state index < -0.39 is 0 Å². The third-order valence-corrected chi connectivity index (χ3v) is 8.88. The Morgan fingerprint density at radius 1 is 0.925 bits per heavy atom. The molecule has 0 radical (unpaired) electrons. The molecule has 0 saturated carbocycles. The minimum Gasteiger partial charge on any atom is -0.333 e. The lowest BCUT2D eigenvalue weighted by Crippen LogP contribution is -2.53. The lowest BCUT2D eigenvalue weighted by Gasteiger charge is -2.43. The molecule has 4 aromatic carbocycles. The number of nitriles is 1. The zero-order chi connectivity index (χ0) is 27.6. The van der Waals surface area contributed by atoms with Gasteiger partial charge in [0.15, 0.2) is 0 Å². The molecule has 200 valence electrons. The fourth-order valence-electron chi connectivity index (χ4n) is 6.51. The number of carbonyl (C=O) groups excluding carboxylic acids is 1. The molecule has 40 heavy (non-hydrogen) atoms. The van der Waals surface area contributed by atoms with Gasteiger partial charge in [0.05, 0.1) is 23.7 Å². The van der Waals surface area contributed by atoms with Gasteiger partial charge in [-0.1, -0.05) is 90.5 Å². The Morgan fingerprint density at radius 2 is 1.57 bits per heavy atom. The van der Waals surface area contributed by atoms with Gasteiger partial charge in [-0.05, 0) is 77.8 Å². The predicted molar refractivity (Wildman–Crippen MR) is 159 cm³/mol. The number of hydrogen-bond donors (Lipinski definition) is 0. The van der Waals surface area contributed by atoms with Crippen LogP contribution in [0.5, 0.6) is 0 Å². The molecule has 0 aromatic heterocycles. The van der Waals surface area contributed by atoms with Gasteiger partial charge in [-0.3, -0.25) is 9.69 Å². The van der Waals surface area contributed by atoms with E-state index in [1.807, 2.05) is 49.4 Å². The monoisotopic (exact) mass is 545 g/mol. The molecular formula is C35H32ClN3O. The van der Waals surface area contributed by atoms with E-state index in [1.165, 1.54) is 22.3 Å². The van der Waals surface area contributed by atoms with Crippen LogP contribution in [-0.4, -0.2) is 34.3 Å². The zero-order valence-electron chi connectivity index (χ0n) is 22.6. The van der Waals surface area contributed by atoms with Crippen LogP contribution in [0.1, 0.15) is 51.9 Å². The first-order valence-corrected chi connectivity index (χ1v) is 14.4. The predicted octanol–water partition coefficient (Wildman–Crippen LogP) is 6.74. The van der Waals surface area contributed by atoms with Gasteiger partial charge in [0.2, 0.25) is 5.91 Å². The third kappa shape index (κ3) is 5.04. The van der Waals surface area contributed by atoms with Crippen molar-refractivity contribution in [2.24, 2.45) is 0 Å². The number of rotatable bonds is 6. The topological polar surface area (TPSA) is 47.3 Å². The summed E-state index contributed by atoms with van der Waals surface area (Å²) in [5.74, 6) is 0.108. The van der Waals surface area contributed by atoms with Gasteiger partial charge < -0.3 is 4.90 Å². The molecule has 6 rings (SSSR count). The van der Waals surface area contributed by atoms with Crippen molar-refractivity contribution in [3.05, 3.63) is 141 Å². The van der Waals surface area contributed by atoms with Crippen LogP contribution in [0.2, 0.25) is 5.02 Å². The van der Waals surface area contributed by atoms with Crippen molar-refractivity contribution >= 4 is 17.5 Å². The Bertz CT molecular complexity index is 1570. The van der Waals surface area contributed by atoms with E-state index in [0.717, 1.165) is 36.9 Å². The molecular weight excluding hydrogens is 514 g/mol. The number of carbonyl (C=O) groups is 1. The SMILES string of the molecule is C[C@@H](C(=O)N(Cc1cccc(C#N)c1)C1Cc2ccccc2C1)N1CCc2ccccc2[C@@H]1c1ccccc1Cl. The van der Waals surface area contributed by atoms with E-state index in [0.29, 0.717) is 17.1 Å². The molecule has 0 bridgehead atoms. The Morgan fingerprint density at radius 3 is 2.27 bits per heavy atom. The van der Waals surface area contributed by atoms with Crippen LogP contribution in [-0.2, 0) is 30.6 Å². The van der Waals surface area contributed by atoms with Crippen LogP contribution in [0.15, 0.2) is 97.1 Å². The van der Waals surface area contributed by atoms with Gasteiger partial charge in [-0.15, -0.1) is 0 Å². The minimum absolute atomic E-state index is 0.0638. The second kappa shape index (κ2) is 11.3. The summed E-state index contributed by atoms with van der Waals surface area (Å²) in [6.07, 6.45) is 2.56. The Kier molecular flexibility index (Phi) is 7.43. The van der Waals surface area contributed by atoms with E-state index in [1.54, 1.807) is 0 Å². The van der Waals surface area contributed by atoms with Crippen molar-refractivity contribution in [1.29, 1.82) is 5.26 Å². The second-order valence-corrected chi connectivity index (χ2v) is 11.3. The maximum atomic E-state index is 14.6. The summed E-state index contributed by atoms with van der Waals surface area (Å²) in [5, 5.41) is 10.2. The summed E-state index contributed by atoms with van der Waals surface area (Å²) in [4.78, 5) is 19.0. The minimum atomic E-state index is -0.363. The quantitative estimate of drug-likeness (QED) is 0.269. The van der Waals surface area contributed by atoms with Crippen LogP contribution < -0.4 is 0 Å². The summed E-state index contributed by atoms with van der Waals surface area (Å²) in [6, 6.07) is 34.5. The van der Waals surface area contributed by atoms with Crippen LogP contribution in [0.4, 0.5) is 0 Å². The molecule has 0 spiro atoms. The third-order valence-electron chi connectivity index (χ3n) is 8.54. The molecule has 4 aromatic rings. The van der Waals surface area contributed by atoms with E-state index in [9.17, 15) is 10.1 Å².